The number of hydrogen-bond acceptors (Lipinski definition) is 5. The van der Waals surface area contributed by atoms with Crippen LogP contribution >= 0.6 is 0 Å². The van der Waals surface area contributed by atoms with Crippen molar-refractivity contribution in [2.45, 2.75) is 51.5 Å². The normalized spacial score (nSPS) is 19.4. The van der Waals surface area contributed by atoms with Crippen LogP contribution in [0.3, 0.4) is 0 Å². The lowest BCUT2D eigenvalue weighted by atomic mass is 9.83. The maximum Gasteiger partial charge on any atom is 0.220 e. The number of amides is 1. The molecule has 1 aromatic heterocycles. The highest BCUT2D eigenvalue weighted by molar-refractivity contribution is 5.80. The van der Waals surface area contributed by atoms with Gasteiger partial charge in [0, 0.05) is 64.6 Å². The second kappa shape index (κ2) is 11.3. The predicted molar refractivity (Wildman–Crippen MR) is 124 cm³/mol. The summed E-state index contributed by atoms with van der Waals surface area (Å²) >= 11 is 0. The van der Waals surface area contributed by atoms with E-state index in [1.807, 2.05) is 19.3 Å². The Hall–Kier alpha value is -2.35. The van der Waals surface area contributed by atoms with Crippen LogP contribution in [0.1, 0.15) is 50.5 Å². The number of carbonyl (C=O) groups is 1. The molecule has 1 aromatic rings. The van der Waals surface area contributed by atoms with Gasteiger partial charge >= 0.3 is 0 Å². The molecule has 3 rings (SSSR count). The predicted octanol–water partition coefficient (Wildman–Crippen LogP) is 2.05. The quantitative estimate of drug-likeness (QED) is 0.409. The highest BCUT2D eigenvalue weighted by Crippen LogP contribution is 2.40. The Labute approximate surface area is 186 Å². The molecule has 31 heavy (non-hydrogen) atoms. The highest BCUT2D eigenvalue weighted by Gasteiger charge is 2.33. The summed E-state index contributed by atoms with van der Waals surface area (Å²) in [6, 6.07) is 4.06. The number of aromatic nitrogens is 1. The summed E-state index contributed by atoms with van der Waals surface area (Å²) in [5, 5.41) is 7.00. The third-order valence-electron chi connectivity index (χ3n) is 6.87. The molecule has 172 valence electrons. The average molecular weight is 431 g/mol. The Kier molecular flexibility index (Phi) is 8.51. The van der Waals surface area contributed by atoms with E-state index in [4.69, 9.17) is 10.5 Å². The Morgan fingerprint density at radius 1 is 1.32 bits per heavy atom. The maximum atomic E-state index is 11.5. The van der Waals surface area contributed by atoms with Crippen LogP contribution in [0.4, 0.5) is 5.82 Å². The van der Waals surface area contributed by atoms with E-state index in [-0.39, 0.29) is 11.8 Å². The first kappa shape index (κ1) is 23.3. The molecule has 1 saturated heterocycles. The Balaban J connectivity index is 1.56. The number of methoxy groups -OCH3 is 1. The smallest absolute Gasteiger partial charge is 0.220 e. The van der Waals surface area contributed by atoms with Crippen molar-refractivity contribution in [3.63, 3.8) is 0 Å². The molecule has 2 fully saturated rings. The number of nitrogens with one attached hydrogen (secondary N) is 2. The van der Waals surface area contributed by atoms with Crippen molar-refractivity contribution in [1.29, 1.82) is 0 Å². The molecule has 0 spiro atoms. The molecule has 0 unspecified atom stereocenters. The lowest BCUT2D eigenvalue weighted by Crippen LogP contribution is -2.43. The third-order valence-corrected chi connectivity index (χ3v) is 6.87. The van der Waals surface area contributed by atoms with Gasteiger partial charge in [-0.1, -0.05) is 18.9 Å². The molecule has 1 aliphatic heterocycles. The highest BCUT2D eigenvalue weighted by atomic mass is 16.5. The number of hydrogen-bond donors (Lipinski definition) is 3. The fourth-order valence-electron chi connectivity index (χ4n) is 4.86. The van der Waals surface area contributed by atoms with E-state index in [1.54, 1.807) is 7.11 Å². The zero-order chi connectivity index (χ0) is 22.1. The number of anilines is 1. The van der Waals surface area contributed by atoms with Crippen LogP contribution in [0.15, 0.2) is 23.3 Å². The second-order valence-corrected chi connectivity index (χ2v) is 8.88. The number of guanidine groups is 1. The van der Waals surface area contributed by atoms with Gasteiger partial charge in [-0.3, -0.25) is 9.79 Å². The van der Waals surface area contributed by atoms with Crippen LogP contribution in [0.25, 0.3) is 0 Å². The molecule has 0 bridgehead atoms. The van der Waals surface area contributed by atoms with Gasteiger partial charge in [-0.25, -0.2) is 4.98 Å². The number of piperidine rings is 1. The van der Waals surface area contributed by atoms with Crippen molar-refractivity contribution in [3.05, 3.63) is 23.9 Å². The number of pyridine rings is 1. The SMILES string of the molecule is CN=C(NCc1cccnc1N1CCC(C(N)=O)CC1)NCC1(CCOC)CCCC1. The summed E-state index contributed by atoms with van der Waals surface area (Å²) < 4.78 is 5.35. The molecule has 0 radical (unpaired) electrons. The van der Waals surface area contributed by atoms with Gasteiger partial charge in [0.15, 0.2) is 5.96 Å². The molecule has 4 N–H and O–H groups in total. The number of rotatable bonds is 9. The van der Waals surface area contributed by atoms with Gasteiger partial charge in [0.1, 0.15) is 5.82 Å². The zero-order valence-corrected chi connectivity index (χ0v) is 19.0. The van der Waals surface area contributed by atoms with Gasteiger partial charge in [-0.05, 0) is 43.6 Å². The van der Waals surface area contributed by atoms with Crippen LogP contribution < -0.4 is 21.3 Å². The number of ether oxygens (including phenoxy) is 1. The number of carbonyl (C=O) groups excluding carboxylic acids is 1. The lowest BCUT2D eigenvalue weighted by molar-refractivity contribution is -0.122. The number of nitrogens with zero attached hydrogens (tertiary/aromatic N) is 3. The molecule has 0 atom stereocenters. The number of primary amides is 1. The van der Waals surface area contributed by atoms with Gasteiger partial charge in [0.2, 0.25) is 5.91 Å². The first-order chi connectivity index (χ1) is 15.1. The second-order valence-electron chi connectivity index (χ2n) is 8.88. The summed E-state index contributed by atoms with van der Waals surface area (Å²) in [7, 11) is 3.59. The molecule has 8 nitrogen and oxygen atoms in total. The average Bonchev–Trinajstić information content (AvgIpc) is 3.27. The fourth-order valence-corrected chi connectivity index (χ4v) is 4.86. The van der Waals surface area contributed by atoms with Crippen molar-refractivity contribution in [2.24, 2.45) is 22.1 Å². The summed E-state index contributed by atoms with van der Waals surface area (Å²) in [5.41, 5.74) is 6.90. The van der Waals surface area contributed by atoms with Crippen LogP contribution in [0, 0.1) is 11.3 Å². The monoisotopic (exact) mass is 430 g/mol. The van der Waals surface area contributed by atoms with Crippen LogP contribution in [0.5, 0.6) is 0 Å². The Morgan fingerprint density at radius 2 is 2.06 bits per heavy atom. The minimum absolute atomic E-state index is 0.0226. The standard InChI is InChI=1S/C23H38N6O2/c1-25-22(28-17-23(11-15-31-2)9-3-4-10-23)27-16-19-6-5-12-26-21(19)29-13-7-18(8-14-29)20(24)30/h5-6,12,18H,3-4,7-11,13-17H2,1-2H3,(H2,24,30)(H2,25,27,28). The van der Waals surface area contributed by atoms with Crippen LogP contribution in [0.2, 0.25) is 0 Å². The van der Waals surface area contributed by atoms with Crippen molar-refractivity contribution in [3.8, 4) is 0 Å². The van der Waals surface area contributed by atoms with Gasteiger partial charge < -0.3 is 26.0 Å². The van der Waals surface area contributed by atoms with E-state index in [0.29, 0.717) is 12.0 Å². The van der Waals surface area contributed by atoms with E-state index in [2.05, 4.69) is 31.6 Å². The van der Waals surface area contributed by atoms with E-state index < -0.39 is 0 Å². The van der Waals surface area contributed by atoms with Crippen LogP contribution in [-0.4, -0.2) is 57.2 Å². The zero-order valence-electron chi connectivity index (χ0n) is 19.0. The molecule has 2 heterocycles. The van der Waals surface area contributed by atoms with Crippen molar-refractivity contribution in [1.82, 2.24) is 15.6 Å². The third kappa shape index (κ3) is 6.32. The minimum atomic E-state index is -0.192. The molecular weight excluding hydrogens is 392 g/mol. The molecular formula is C23H38N6O2. The van der Waals surface area contributed by atoms with Gasteiger partial charge in [-0.15, -0.1) is 0 Å². The molecule has 1 amide bonds. The van der Waals surface area contributed by atoms with Gasteiger partial charge in [0.05, 0.1) is 0 Å². The van der Waals surface area contributed by atoms with Crippen molar-refractivity contribution >= 4 is 17.7 Å². The lowest BCUT2D eigenvalue weighted by Gasteiger charge is -2.33. The van der Waals surface area contributed by atoms with Gasteiger partial charge in [-0.2, -0.15) is 0 Å². The van der Waals surface area contributed by atoms with Crippen molar-refractivity contribution < 1.29 is 9.53 Å². The topological polar surface area (TPSA) is 105 Å². The molecule has 8 heteroatoms. The number of nitrogens with two attached hydrogens (primary N) is 1. The van der Waals surface area contributed by atoms with Crippen LogP contribution in [-0.2, 0) is 16.1 Å². The summed E-state index contributed by atoms with van der Waals surface area (Å²) in [6.45, 7) is 3.96. The molecule has 1 aliphatic carbocycles. The van der Waals surface area contributed by atoms with E-state index in [1.165, 1.54) is 25.7 Å². The summed E-state index contributed by atoms with van der Waals surface area (Å²) in [5.74, 6) is 1.57. The van der Waals surface area contributed by atoms with E-state index in [0.717, 1.165) is 62.8 Å². The fraction of sp³-hybridized carbons (Fsp3) is 0.696. The van der Waals surface area contributed by atoms with E-state index in [9.17, 15) is 4.79 Å². The van der Waals surface area contributed by atoms with E-state index >= 15 is 0 Å². The number of aliphatic imine (C=N–C) groups is 1. The Morgan fingerprint density at radius 3 is 2.71 bits per heavy atom. The first-order valence-electron chi connectivity index (χ1n) is 11.5. The summed E-state index contributed by atoms with van der Waals surface area (Å²) in [4.78, 5) is 22.8. The Bertz CT molecular complexity index is 739. The first-order valence-corrected chi connectivity index (χ1v) is 11.5. The van der Waals surface area contributed by atoms with Crippen molar-refractivity contribution in [2.75, 3.05) is 45.3 Å². The van der Waals surface area contributed by atoms with Gasteiger partial charge in [0.25, 0.3) is 0 Å². The maximum absolute atomic E-state index is 11.5. The molecule has 1 saturated carbocycles. The minimum Gasteiger partial charge on any atom is -0.385 e. The largest absolute Gasteiger partial charge is 0.385 e. The summed E-state index contributed by atoms with van der Waals surface area (Å²) in [6.07, 6.45) is 9.55. The molecule has 0 aromatic carbocycles. The molecule has 2 aliphatic rings.